The van der Waals surface area contributed by atoms with Gasteiger partial charge in [-0.2, -0.15) is 0 Å². The molecule has 1 amide bonds. The summed E-state index contributed by atoms with van der Waals surface area (Å²) in [6, 6.07) is 6.73. The van der Waals surface area contributed by atoms with Crippen molar-refractivity contribution in [1.82, 2.24) is 4.98 Å². The molecule has 0 bridgehead atoms. The molecule has 104 valence electrons. The van der Waals surface area contributed by atoms with Crippen molar-refractivity contribution >= 4 is 28.9 Å². The molecule has 0 spiro atoms. The van der Waals surface area contributed by atoms with Crippen LogP contribution in [0.25, 0.3) is 0 Å². The zero-order chi connectivity index (χ0) is 14.5. The van der Waals surface area contributed by atoms with E-state index in [0.29, 0.717) is 16.9 Å². The molecule has 20 heavy (non-hydrogen) atoms. The molecule has 6 heteroatoms. The van der Waals surface area contributed by atoms with Crippen LogP contribution in [0.3, 0.4) is 0 Å². The second kappa shape index (κ2) is 6.29. The molecule has 2 aromatic rings. The third-order valence-electron chi connectivity index (χ3n) is 2.52. The number of hydrogen-bond acceptors (Lipinski definition) is 5. The maximum atomic E-state index is 12.0. The molecule has 0 saturated carbocycles. The lowest BCUT2D eigenvalue weighted by atomic mass is 10.1. The molecule has 0 saturated heterocycles. The lowest BCUT2D eigenvalue weighted by molar-refractivity contribution is 0.0527. The van der Waals surface area contributed by atoms with Crippen LogP contribution in [0.15, 0.2) is 29.6 Å². The number of amides is 1. The third-order valence-corrected chi connectivity index (χ3v) is 3.30. The lowest BCUT2D eigenvalue weighted by Crippen LogP contribution is -2.16. The Balaban J connectivity index is 2.21. The van der Waals surface area contributed by atoms with E-state index in [4.69, 9.17) is 4.74 Å². The summed E-state index contributed by atoms with van der Waals surface area (Å²) in [5.41, 5.74) is 1.09. The number of aromatic nitrogens is 1. The minimum Gasteiger partial charge on any atom is -0.462 e. The van der Waals surface area contributed by atoms with Crippen molar-refractivity contribution in [1.29, 1.82) is 0 Å². The fourth-order valence-corrected chi connectivity index (χ4v) is 2.23. The summed E-state index contributed by atoms with van der Waals surface area (Å²) in [7, 11) is 0. The van der Waals surface area contributed by atoms with Crippen LogP contribution in [0.1, 0.15) is 32.8 Å². The Bertz CT molecular complexity index is 637. The van der Waals surface area contributed by atoms with Gasteiger partial charge in [-0.15, -0.1) is 11.3 Å². The van der Waals surface area contributed by atoms with E-state index in [1.165, 1.54) is 11.3 Å². The molecular formula is C14H14N2O3S. The molecule has 1 N–H and O–H groups in total. The Morgan fingerprint density at radius 2 is 2.10 bits per heavy atom. The minimum absolute atomic E-state index is 0.284. The highest BCUT2D eigenvalue weighted by atomic mass is 32.1. The summed E-state index contributed by atoms with van der Waals surface area (Å²) < 4.78 is 4.96. The quantitative estimate of drug-likeness (QED) is 0.879. The first-order valence-electron chi connectivity index (χ1n) is 6.11. The van der Waals surface area contributed by atoms with E-state index in [9.17, 15) is 9.59 Å². The molecule has 0 aliphatic rings. The molecule has 1 aromatic heterocycles. The lowest BCUT2D eigenvalue weighted by Gasteiger charge is -2.09. The Morgan fingerprint density at radius 1 is 1.35 bits per heavy atom. The number of thiazole rings is 1. The van der Waals surface area contributed by atoms with Crippen LogP contribution in [-0.2, 0) is 4.74 Å². The topological polar surface area (TPSA) is 68.3 Å². The van der Waals surface area contributed by atoms with Gasteiger partial charge in [0.25, 0.3) is 5.91 Å². The van der Waals surface area contributed by atoms with Crippen LogP contribution in [0.5, 0.6) is 0 Å². The van der Waals surface area contributed by atoms with E-state index in [1.807, 2.05) is 6.92 Å². The number of aryl methyl sites for hydroxylation is 1. The highest BCUT2D eigenvalue weighted by Crippen LogP contribution is 2.18. The molecule has 0 unspecified atom stereocenters. The maximum Gasteiger partial charge on any atom is 0.340 e. The number of carbonyl (C=O) groups excluding carboxylic acids is 2. The first-order chi connectivity index (χ1) is 9.61. The van der Waals surface area contributed by atoms with E-state index >= 15 is 0 Å². The number of esters is 1. The molecule has 0 radical (unpaired) electrons. The van der Waals surface area contributed by atoms with E-state index in [2.05, 4.69) is 10.3 Å². The predicted molar refractivity (Wildman–Crippen MR) is 77.2 cm³/mol. The highest BCUT2D eigenvalue weighted by molar-refractivity contribution is 7.09. The number of para-hydroxylation sites is 1. The van der Waals surface area contributed by atoms with Crippen LogP contribution < -0.4 is 5.32 Å². The van der Waals surface area contributed by atoms with Crippen LogP contribution in [-0.4, -0.2) is 23.5 Å². The van der Waals surface area contributed by atoms with Gasteiger partial charge in [0.05, 0.1) is 22.9 Å². The molecular weight excluding hydrogens is 276 g/mol. The smallest absolute Gasteiger partial charge is 0.340 e. The standard InChI is InChI=1S/C14H14N2O3S/c1-3-19-14(18)10-6-4-5-7-11(10)16-13(17)12-8-20-9(2)15-12/h4-8H,3H2,1-2H3,(H,16,17). The zero-order valence-electron chi connectivity index (χ0n) is 11.2. The van der Waals surface area contributed by atoms with E-state index in [0.717, 1.165) is 5.01 Å². The van der Waals surface area contributed by atoms with Crippen molar-refractivity contribution in [3.05, 3.63) is 45.9 Å². The fourth-order valence-electron chi connectivity index (χ4n) is 1.63. The van der Waals surface area contributed by atoms with Gasteiger partial charge in [-0.3, -0.25) is 4.79 Å². The Hall–Kier alpha value is -2.21. The molecule has 1 aromatic carbocycles. The van der Waals surface area contributed by atoms with Crippen molar-refractivity contribution < 1.29 is 14.3 Å². The number of nitrogens with one attached hydrogen (secondary N) is 1. The molecule has 5 nitrogen and oxygen atoms in total. The van der Waals surface area contributed by atoms with Crippen LogP contribution in [0.2, 0.25) is 0 Å². The average molecular weight is 290 g/mol. The highest BCUT2D eigenvalue weighted by Gasteiger charge is 2.15. The van der Waals surface area contributed by atoms with Gasteiger partial charge in [0.2, 0.25) is 0 Å². The number of ether oxygens (including phenoxy) is 1. The first-order valence-corrected chi connectivity index (χ1v) is 6.99. The van der Waals surface area contributed by atoms with Gasteiger partial charge in [0.1, 0.15) is 5.69 Å². The van der Waals surface area contributed by atoms with E-state index in [1.54, 1.807) is 36.6 Å². The summed E-state index contributed by atoms with van der Waals surface area (Å²) in [6.07, 6.45) is 0. The first kappa shape index (κ1) is 14.2. The SMILES string of the molecule is CCOC(=O)c1ccccc1NC(=O)c1csc(C)n1. The van der Waals surface area contributed by atoms with Crippen LogP contribution in [0.4, 0.5) is 5.69 Å². The van der Waals surface area contributed by atoms with Gasteiger partial charge in [0.15, 0.2) is 0 Å². The van der Waals surface area contributed by atoms with Crippen molar-refractivity contribution in [2.24, 2.45) is 0 Å². The summed E-state index contributed by atoms with van der Waals surface area (Å²) in [5, 5.41) is 5.18. The number of carbonyl (C=O) groups is 2. The second-order valence-corrected chi connectivity index (χ2v) is 5.03. The summed E-state index contributed by atoms with van der Waals surface area (Å²) >= 11 is 1.40. The van der Waals surface area contributed by atoms with Crippen molar-refractivity contribution in [3.8, 4) is 0 Å². The minimum atomic E-state index is -0.460. The zero-order valence-corrected chi connectivity index (χ0v) is 12.0. The molecule has 0 aliphatic heterocycles. The van der Waals surface area contributed by atoms with Crippen molar-refractivity contribution in [2.75, 3.05) is 11.9 Å². The summed E-state index contributed by atoms with van der Waals surface area (Å²) in [6.45, 7) is 3.84. The normalized spacial score (nSPS) is 10.1. The number of hydrogen-bond donors (Lipinski definition) is 1. The largest absolute Gasteiger partial charge is 0.462 e. The van der Waals surface area contributed by atoms with Gasteiger partial charge in [-0.25, -0.2) is 9.78 Å². The van der Waals surface area contributed by atoms with Crippen molar-refractivity contribution in [3.63, 3.8) is 0 Å². The second-order valence-electron chi connectivity index (χ2n) is 3.97. The third kappa shape index (κ3) is 3.21. The van der Waals surface area contributed by atoms with Gasteiger partial charge in [-0.1, -0.05) is 12.1 Å². The number of anilines is 1. The molecule has 0 aliphatic carbocycles. The molecule has 1 heterocycles. The monoisotopic (exact) mass is 290 g/mol. The Kier molecular flexibility index (Phi) is 4.47. The number of nitrogens with zero attached hydrogens (tertiary/aromatic N) is 1. The number of benzene rings is 1. The average Bonchev–Trinajstić information content (AvgIpc) is 2.86. The van der Waals surface area contributed by atoms with Crippen molar-refractivity contribution in [2.45, 2.75) is 13.8 Å². The molecule has 0 atom stereocenters. The molecule has 0 fully saturated rings. The Morgan fingerprint density at radius 3 is 2.75 bits per heavy atom. The Labute approximate surface area is 120 Å². The summed E-state index contributed by atoms with van der Waals surface area (Å²) in [4.78, 5) is 27.9. The van der Waals surface area contributed by atoms with Gasteiger partial charge >= 0.3 is 5.97 Å². The maximum absolute atomic E-state index is 12.0. The van der Waals surface area contributed by atoms with Gasteiger partial charge in [-0.05, 0) is 26.0 Å². The van der Waals surface area contributed by atoms with Gasteiger partial charge < -0.3 is 10.1 Å². The van der Waals surface area contributed by atoms with E-state index in [-0.39, 0.29) is 12.5 Å². The fraction of sp³-hybridized carbons (Fsp3) is 0.214. The summed E-state index contributed by atoms with van der Waals surface area (Å²) in [5.74, 6) is -0.802. The van der Waals surface area contributed by atoms with Crippen LogP contribution >= 0.6 is 11.3 Å². The van der Waals surface area contributed by atoms with Gasteiger partial charge in [0, 0.05) is 5.38 Å². The van der Waals surface area contributed by atoms with Crippen LogP contribution in [0, 0.1) is 6.92 Å². The predicted octanol–water partition coefficient (Wildman–Crippen LogP) is 2.88. The number of rotatable bonds is 4. The molecule has 2 rings (SSSR count). The van der Waals surface area contributed by atoms with E-state index < -0.39 is 5.97 Å².